The molecule has 0 amide bonds. The summed E-state index contributed by atoms with van der Waals surface area (Å²) in [4.78, 5) is 128. The Balaban J connectivity index is 11.7. The van der Waals surface area contributed by atoms with E-state index in [4.69, 9.17) is 14.2 Å². The largest absolute Gasteiger partial charge is 0.478 e. The number of ether oxygens (including phenoxy) is 3. The highest BCUT2D eigenvalue weighted by Gasteiger charge is 2.77. The summed E-state index contributed by atoms with van der Waals surface area (Å²) in [7, 11) is 0. The number of carboxylic acid groups (broad SMARTS) is 7. The normalized spacial score (nSPS) is 17.0. The van der Waals surface area contributed by atoms with Crippen LogP contribution in [0.3, 0.4) is 0 Å². The van der Waals surface area contributed by atoms with Crippen LogP contribution in [0.2, 0.25) is 0 Å². The Kier molecular flexibility index (Phi) is 18.5. The fourth-order valence-electron chi connectivity index (χ4n) is 5.56. The number of aliphatic hydroxyl groups is 1. The molecule has 21 heteroatoms. The molecule has 0 rings (SSSR count). The average molecular weight is 831 g/mol. The van der Waals surface area contributed by atoms with E-state index in [0.717, 1.165) is 6.92 Å². The average Bonchev–Trinajstić information content (AvgIpc) is 3.13. The third kappa shape index (κ3) is 12.5. The second kappa shape index (κ2) is 21.4. The monoisotopic (exact) mass is 830 g/mol. The third-order valence-corrected chi connectivity index (χ3v) is 7.78. The molecule has 8 N–H and O–H groups in total. The van der Waals surface area contributed by atoms with Crippen LogP contribution in [0.5, 0.6) is 0 Å². The van der Waals surface area contributed by atoms with Crippen LogP contribution in [0, 0.1) is 5.41 Å². The van der Waals surface area contributed by atoms with E-state index in [1.54, 1.807) is 0 Å². The summed E-state index contributed by atoms with van der Waals surface area (Å²) in [5.74, 6) is -19.5. The van der Waals surface area contributed by atoms with Gasteiger partial charge < -0.3 is 55.1 Å². The van der Waals surface area contributed by atoms with Gasteiger partial charge in [0, 0.05) is 59.3 Å². The van der Waals surface area contributed by atoms with Crippen molar-refractivity contribution >= 4 is 59.7 Å². The topological polar surface area (TPSA) is 360 Å². The number of esters is 3. The Morgan fingerprint density at radius 2 is 0.712 bits per heavy atom. The maximum atomic E-state index is 13.6. The van der Waals surface area contributed by atoms with Gasteiger partial charge in [0.25, 0.3) is 0 Å². The van der Waals surface area contributed by atoms with E-state index in [9.17, 15) is 88.8 Å². The molecule has 1 unspecified atom stereocenters. The Hall–Kier alpha value is -7.94. The number of aliphatic carboxylic acids is 7. The van der Waals surface area contributed by atoms with E-state index >= 15 is 0 Å². The Bertz CT molecular complexity index is 1860. The number of hydrogen-bond acceptors (Lipinski definition) is 14. The zero-order chi connectivity index (χ0) is 46.1. The summed E-state index contributed by atoms with van der Waals surface area (Å²) in [5, 5.41) is 82.9. The van der Waals surface area contributed by atoms with Gasteiger partial charge in [-0.1, -0.05) is 19.7 Å². The van der Waals surface area contributed by atoms with Crippen molar-refractivity contribution in [2.45, 2.75) is 43.7 Å². The lowest BCUT2D eigenvalue weighted by Crippen LogP contribution is -2.76. The lowest BCUT2D eigenvalue weighted by atomic mass is 9.48. The number of rotatable bonds is 24. The van der Waals surface area contributed by atoms with E-state index in [1.165, 1.54) is 0 Å². The van der Waals surface area contributed by atoms with E-state index in [0.29, 0.717) is 32.1 Å². The fourth-order valence-corrected chi connectivity index (χ4v) is 5.56. The van der Waals surface area contributed by atoms with Crippen LogP contribution in [0.4, 0.5) is 0 Å². The summed E-state index contributed by atoms with van der Waals surface area (Å²) >= 11 is 0. The molecule has 0 saturated carbocycles. The standard InChI is InChI=1S/C38H38O21/c1-7-29(48)57-35(14-10-25(40)41,15-11-26(42)43)38(24(39)18-21(4)32(51)52,36(16-12-27(44)45,17-13-28(46)47)58-30(49)8-2)37(59-31(50)9-3,19-22(5)33(53)54)20-23(6)34(55)56/h7-20,24,39H,1-3H2,4-6H3,(H,40,41)(H,42,43)(H,44,45)(H,46,47)(H,51,52)(H,53,54)(H,55,56). The predicted octanol–water partition coefficient (Wildman–Crippen LogP) is 1.39. The number of hydrogen-bond donors (Lipinski definition) is 8. The molecule has 0 spiro atoms. The number of aliphatic hydroxyl groups excluding tert-OH is 1. The highest BCUT2D eigenvalue weighted by Crippen LogP contribution is 2.62. The zero-order valence-corrected chi connectivity index (χ0v) is 31.2. The van der Waals surface area contributed by atoms with Crippen molar-refractivity contribution in [2.24, 2.45) is 5.41 Å². The van der Waals surface area contributed by atoms with Crippen LogP contribution >= 0.6 is 0 Å². The van der Waals surface area contributed by atoms with Gasteiger partial charge in [0.2, 0.25) is 0 Å². The van der Waals surface area contributed by atoms with Crippen molar-refractivity contribution in [3.8, 4) is 0 Å². The first kappa shape index (κ1) is 51.1. The van der Waals surface area contributed by atoms with Crippen LogP contribution in [0.25, 0.3) is 0 Å². The summed E-state index contributed by atoms with van der Waals surface area (Å²) in [6.07, 6.45) is -1.16. The molecule has 0 aromatic heterocycles. The second-order valence-corrected chi connectivity index (χ2v) is 11.6. The van der Waals surface area contributed by atoms with E-state index in [2.05, 4.69) is 19.7 Å². The summed E-state index contributed by atoms with van der Waals surface area (Å²) in [6, 6.07) is 0. The Morgan fingerprint density at radius 1 is 0.458 bits per heavy atom. The molecular formula is C38H38O21. The van der Waals surface area contributed by atoms with Crippen LogP contribution < -0.4 is 0 Å². The summed E-state index contributed by atoms with van der Waals surface area (Å²) < 4.78 is 16.9. The predicted molar refractivity (Wildman–Crippen MR) is 197 cm³/mol. The van der Waals surface area contributed by atoms with Crippen LogP contribution in [0.15, 0.2) is 122 Å². The minimum Gasteiger partial charge on any atom is -0.478 e. The SMILES string of the molecule is C=CC(=O)OC(C=CC(=O)O)(C=CC(=O)O)C(C(O)C=C(C)C(=O)O)(C(C=CC(=O)O)(C=CC(=O)O)OC(=O)C=C)C(C=C(C)C(=O)O)(C=C(C)C(=O)O)OC(=O)C=C. The maximum Gasteiger partial charge on any atom is 0.331 e. The highest BCUT2D eigenvalue weighted by molar-refractivity contribution is 5.91. The van der Waals surface area contributed by atoms with E-state index in [1.807, 2.05) is 0 Å². The lowest BCUT2D eigenvalue weighted by Gasteiger charge is -2.61. The molecule has 316 valence electrons. The molecule has 0 aliphatic carbocycles. The first-order valence-corrected chi connectivity index (χ1v) is 15.9. The van der Waals surface area contributed by atoms with Gasteiger partial charge in [0.1, 0.15) is 5.41 Å². The lowest BCUT2D eigenvalue weighted by molar-refractivity contribution is -0.245. The van der Waals surface area contributed by atoms with Crippen LogP contribution in [0.1, 0.15) is 20.8 Å². The van der Waals surface area contributed by atoms with Crippen LogP contribution in [-0.2, 0) is 62.2 Å². The second-order valence-electron chi connectivity index (χ2n) is 11.6. The number of carbonyl (C=O) groups is 10. The number of carbonyl (C=O) groups excluding carboxylic acids is 3. The molecule has 0 saturated heterocycles. The maximum absolute atomic E-state index is 13.6. The molecule has 1 atom stereocenters. The molecule has 0 aliphatic heterocycles. The molecular weight excluding hydrogens is 792 g/mol. The Morgan fingerprint density at radius 3 is 0.932 bits per heavy atom. The van der Waals surface area contributed by atoms with Crippen molar-refractivity contribution in [3.63, 3.8) is 0 Å². The quantitative estimate of drug-likeness (QED) is 0.0387. The molecule has 0 radical (unpaired) electrons. The van der Waals surface area contributed by atoms with Gasteiger partial charge in [-0.15, -0.1) is 0 Å². The van der Waals surface area contributed by atoms with Gasteiger partial charge >= 0.3 is 59.7 Å². The van der Waals surface area contributed by atoms with Gasteiger partial charge in [-0.3, -0.25) is 0 Å². The number of carboxylic acids is 7. The first-order valence-electron chi connectivity index (χ1n) is 15.9. The smallest absolute Gasteiger partial charge is 0.331 e. The van der Waals surface area contributed by atoms with Gasteiger partial charge in [0.05, 0.1) is 6.10 Å². The Labute approximate surface area is 333 Å². The summed E-state index contributed by atoms with van der Waals surface area (Å²) in [5.41, 5.74) is -18.9. The molecule has 0 aromatic carbocycles. The zero-order valence-electron chi connectivity index (χ0n) is 31.2. The minimum absolute atomic E-state index is 0.0152. The van der Waals surface area contributed by atoms with Gasteiger partial charge in [-0.05, 0) is 63.3 Å². The van der Waals surface area contributed by atoms with Gasteiger partial charge in [-0.2, -0.15) is 0 Å². The molecule has 0 heterocycles. The van der Waals surface area contributed by atoms with Crippen molar-refractivity contribution < 1.29 is 103 Å². The third-order valence-electron chi connectivity index (χ3n) is 7.78. The van der Waals surface area contributed by atoms with Crippen LogP contribution in [-0.4, -0.2) is 123 Å². The first-order chi connectivity index (χ1) is 27.2. The van der Waals surface area contributed by atoms with Gasteiger partial charge in [0.15, 0.2) is 16.8 Å². The summed E-state index contributed by atoms with van der Waals surface area (Å²) in [6.45, 7) is 11.7. The van der Waals surface area contributed by atoms with Gasteiger partial charge in [-0.25, -0.2) is 47.9 Å². The van der Waals surface area contributed by atoms with Crippen molar-refractivity contribution in [1.29, 1.82) is 0 Å². The highest BCUT2D eigenvalue weighted by atomic mass is 16.6. The van der Waals surface area contributed by atoms with E-state index < -0.39 is 105 Å². The van der Waals surface area contributed by atoms with E-state index in [-0.39, 0.29) is 66.8 Å². The molecule has 0 fully saturated rings. The van der Waals surface area contributed by atoms with Crippen molar-refractivity contribution in [2.75, 3.05) is 0 Å². The van der Waals surface area contributed by atoms with Crippen molar-refractivity contribution in [1.82, 2.24) is 0 Å². The van der Waals surface area contributed by atoms with Crippen molar-refractivity contribution in [3.05, 3.63) is 122 Å². The fraction of sp³-hybridized carbons (Fsp3) is 0.211. The molecule has 21 nitrogen and oxygen atoms in total. The molecule has 0 bridgehead atoms. The minimum atomic E-state index is -4.15. The molecule has 0 aliphatic rings. The molecule has 0 aromatic rings. The molecule has 59 heavy (non-hydrogen) atoms.